The van der Waals surface area contributed by atoms with Gasteiger partial charge in [0.15, 0.2) is 6.10 Å². The van der Waals surface area contributed by atoms with E-state index in [0.29, 0.717) is 12.8 Å². The average Bonchev–Trinajstić information content (AvgIpc) is 3.07. The van der Waals surface area contributed by atoms with Gasteiger partial charge in [-0.15, -0.1) is 0 Å². The van der Waals surface area contributed by atoms with Crippen LogP contribution >= 0.6 is 0 Å². The Balaban J connectivity index is 3.53. The minimum Gasteiger partial charge on any atom is -0.462 e. The van der Waals surface area contributed by atoms with Gasteiger partial charge in [-0.1, -0.05) is 179 Å². The quantitative estimate of drug-likeness (QED) is 0.0407. The zero-order valence-electron chi connectivity index (χ0n) is 31.3. The monoisotopic (exact) mass is 663 g/mol. The smallest absolute Gasteiger partial charge is 0.306 e. The van der Waals surface area contributed by atoms with Crippen molar-refractivity contribution in [1.82, 2.24) is 0 Å². The normalized spacial score (nSPS) is 12.3. The number of aliphatic hydroxyl groups excluding tert-OH is 1. The summed E-state index contributed by atoms with van der Waals surface area (Å²) in [6.07, 6.45) is 45.2. The molecule has 1 atom stereocenters. The Labute approximate surface area is 292 Å². The van der Waals surface area contributed by atoms with Gasteiger partial charge in [0, 0.05) is 12.8 Å². The highest BCUT2D eigenvalue weighted by atomic mass is 16.6. The first-order chi connectivity index (χ1) is 23.1. The molecule has 0 rings (SSSR count). The van der Waals surface area contributed by atoms with E-state index in [1.165, 1.54) is 135 Å². The van der Waals surface area contributed by atoms with Crippen molar-refractivity contribution in [2.45, 2.75) is 219 Å². The first kappa shape index (κ1) is 45.4. The fourth-order valence-electron chi connectivity index (χ4n) is 5.88. The molecule has 0 aliphatic heterocycles. The molecule has 1 N–H and O–H groups in total. The number of esters is 2. The Morgan fingerprint density at radius 2 is 0.851 bits per heavy atom. The molecule has 0 heterocycles. The molecule has 5 heteroatoms. The van der Waals surface area contributed by atoms with Crippen LogP contribution in [0.15, 0.2) is 24.3 Å². The standard InChI is InChI=1S/C42H78O5/c1-3-5-7-9-11-13-15-17-19-20-21-23-24-26-28-30-32-34-36-41(44)46-39-40(38-43)47-42(45)37-35-33-31-29-27-25-22-18-16-14-12-10-8-6-4-2/h12,14,18,22,40,43H,3-11,13,15-17,19-21,23-39H2,1-2H3/b14-12+,22-18+/t40-/m0/s1. The lowest BCUT2D eigenvalue weighted by atomic mass is 10.0. The third-order valence-electron chi connectivity index (χ3n) is 9.00. The van der Waals surface area contributed by atoms with Crippen molar-refractivity contribution in [3.05, 3.63) is 24.3 Å². The van der Waals surface area contributed by atoms with E-state index in [0.717, 1.165) is 51.4 Å². The van der Waals surface area contributed by atoms with Gasteiger partial charge in [0.05, 0.1) is 6.61 Å². The van der Waals surface area contributed by atoms with Crippen LogP contribution in [0.5, 0.6) is 0 Å². The SMILES string of the molecule is CCCCC/C=C/C/C=C/CCCCCCCC(=O)O[C@@H](CO)COC(=O)CCCCCCCCCCCCCCCCCCCC. The highest BCUT2D eigenvalue weighted by Crippen LogP contribution is 2.15. The van der Waals surface area contributed by atoms with Crippen LogP contribution in [-0.2, 0) is 19.1 Å². The first-order valence-corrected chi connectivity index (χ1v) is 20.4. The molecule has 0 aliphatic carbocycles. The zero-order chi connectivity index (χ0) is 34.3. The zero-order valence-corrected chi connectivity index (χ0v) is 31.3. The Bertz CT molecular complexity index is 716. The highest BCUT2D eigenvalue weighted by molar-refractivity contribution is 5.70. The molecule has 0 radical (unpaired) electrons. The van der Waals surface area contributed by atoms with E-state index >= 15 is 0 Å². The van der Waals surface area contributed by atoms with Gasteiger partial charge in [-0.25, -0.2) is 0 Å². The summed E-state index contributed by atoms with van der Waals surface area (Å²) in [5, 5.41) is 9.55. The molecule has 0 amide bonds. The van der Waals surface area contributed by atoms with Gasteiger partial charge in [0.2, 0.25) is 0 Å². The lowest BCUT2D eigenvalue weighted by Crippen LogP contribution is -2.28. The third-order valence-corrected chi connectivity index (χ3v) is 9.00. The fourth-order valence-corrected chi connectivity index (χ4v) is 5.88. The van der Waals surface area contributed by atoms with Crippen molar-refractivity contribution in [1.29, 1.82) is 0 Å². The summed E-state index contributed by atoms with van der Waals surface area (Å²) < 4.78 is 10.6. The van der Waals surface area contributed by atoms with Crippen LogP contribution in [-0.4, -0.2) is 36.4 Å². The maximum Gasteiger partial charge on any atom is 0.306 e. The van der Waals surface area contributed by atoms with Gasteiger partial charge in [-0.2, -0.15) is 0 Å². The molecular formula is C42H78O5. The lowest BCUT2D eigenvalue weighted by molar-refractivity contribution is -0.161. The van der Waals surface area contributed by atoms with Crippen LogP contribution in [0.2, 0.25) is 0 Å². The van der Waals surface area contributed by atoms with E-state index in [4.69, 9.17) is 9.47 Å². The summed E-state index contributed by atoms with van der Waals surface area (Å²) in [7, 11) is 0. The number of rotatable bonds is 37. The van der Waals surface area contributed by atoms with Gasteiger partial charge in [0.25, 0.3) is 0 Å². The number of carbonyl (C=O) groups excluding carboxylic acids is 2. The molecule has 0 bridgehead atoms. The van der Waals surface area contributed by atoms with E-state index < -0.39 is 6.10 Å². The molecular weight excluding hydrogens is 584 g/mol. The summed E-state index contributed by atoms with van der Waals surface area (Å²) in [4.78, 5) is 24.3. The second-order valence-corrected chi connectivity index (χ2v) is 13.7. The first-order valence-electron chi connectivity index (χ1n) is 20.4. The number of ether oxygens (including phenoxy) is 2. The fraction of sp³-hybridized carbons (Fsp3) is 0.857. The van der Waals surface area contributed by atoms with Crippen LogP contribution in [0.4, 0.5) is 0 Å². The molecule has 47 heavy (non-hydrogen) atoms. The number of hydrogen-bond acceptors (Lipinski definition) is 5. The summed E-state index contributed by atoms with van der Waals surface area (Å²) in [5.74, 6) is -0.598. The van der Waals surface area contributed by atoms with Crippen molar-refractivity contribution in [2.75, 3.05) is 13.2 Å². The van der Waals surface area contributed by atoms with Crippen molar-refractivity contribution in [2.24, 2.45) is 0 Å². The maximum atomic E-state index is 12.2. The Hall–Kier alpha value is -1.62. The van der Waals surface area contributed by atoms with E-state index in [1.807, 2.05) is 0 Å². The topological polar surface area (TPSA) is 72.8 Å². The van der Waals surface area contributed by atoms with Crippen molar-refractivity contribution < 1.29 is 24.2 Å². The second kappa shape index (κ2) is 38.8. The van der Waals surface area contributed by atoms with E-state index in [1.54, 1.807) is 0 Å². The number of aliphatic hydroxyl groups is 1. The molecule has 0 unspecified atom stereocenters. The Morgan fingerprint density at radius 1 is 0.489 bits per heavy atom. The van der Waals surface area contributed by atoms with Crippen LogP contribution in [0.3, 0.4) is 0 Å². The van der Waals surface area contributed by atoms with Crippen molar-refractivity contribution in [3.63, 3.8) is 0 Å². The molecule has 0 aliphatic rings. The van der Waals surface area contributed by atoms with Crippen molar-refractivity contribution >= 4 is 11.9 Å². The maximum absolute atomic E-state index is 12.2. The molecule has 276 valence electrons. The summed E-state index contributed by atoms with van der Waals surface area (Å²) in [6, 6.07) is 0. The molecule has 5 nitrogen and oxygen atoms in total. The molecule has 0 saturated heterocycles. The highest BCUT2D eigenvalue weighted by Gasteiger charge is 2.16. The minimum atomic E-state index is -0.773. The summed E-state index contributed by atoms with van der Waals surface area (Å²) >= 11 is 0. The van der Waals surface area contributed by atoms with E-state index in [9.17, 15) is 14.7 Å². The van der Waals surface area contributed by atoms with Crippen LogP contribution in [0.25, 0.3) is 0 Å². The van der Waals surface area contributed by atoms with Crippen LogP contribution < -0.4 is 0 Å². The predicted octanol–water partition coefficient (Wildman–Crippen LogP) is 12.7. The van der Waals surface area contributed by atoms with Gasteiger partial charge >= 0.3 is 11.9 Å². The van der Waals surface area contributed by atoms with Gasteiger partial charge in [-0.3, -0.25) is 9.59 Å². The number of hydrogen-bond donors (Lipinski definition) is 1. The minimum absolute atomic E-state index is 0.0672. The van der Waals surface area contributed by atoms with E-state index in [2.05, 4.69) is 38.2 Å². The molecule has 0 fully saturated rings. The number of allylic oxidation sites excluding steroid dienone is 4. The van der Waals surface area contributed by atoms with E-state index in [-0.39, 0.29) is 25.2 Å². The molecule has 0 aromatic rings. The largest absolute Gasteiger partial charge is 0.462 e. The second-order valence-electron chi connectivity index (χ2n) is 13.7. The van der Waals surface area contributed by atoms with Gasteiger partial charge in [-0.05, 0) is 44.9 Å². The summed E-state index contributed by atoms with van der Waals surface area (Å²) in [6.45, 7) is 4.11. The Morgan fingerprint density at radius 3 is 1.30 bits per heavy atom. The Kier molecular flexibility index (Phi) is 37.5. The lowest BCUT2D eigenvalue weighted by Gasteiger charge is -2.15. The predicted molar refractivity (Wildman–Crippen MR) is 201 cm³/mol. The van der Waals surface area contributed by atoms with Gasteiger partial charge in [0.1, 0.15) is 6.61 Å². The molecule has 0 spiro atoms. The number of carbonyl (C=O) groups is 2. The molecule has 0 aromatic heterocycles. The third kappa shape index (κ3) is 37.1. The average molecular weight is 663 g/mol. The number of unbranched alkanes of at least 4 members (excludes halogenated alkanes) is 25. The summed E-state index contributed by atoms with van der Waals surface area (Å²) in [5.41, 5.74) is 0. The van der Waals surface area contributed by atoms with Crippen LogP contribution in [0.1, 0.15) is 213 Å². The van der Waals surface area contributed by atoms with Crippen molar-refractivity contribution in [3.8, 4) is 0 Å². The van der Waals surface area contributed by atoms with Crippen LogP contribution in [0, 0.1) is 0 Å². The molecule has 0 saturated carbocycles. The molecule has 0 aromatic carbocycles. The van der Waals surface area contributed by atoms with Gasteiger partial charge < -0.3 is 14.6 Å².